The fourth-order valence-corrected chi connectivity index (χ4v) is 3.64. The number of rotatable bonds is 7. The highest BCUT2D eigenvalue weighted by molar-refractivity contribution is 5.91. The number of pyridine rings is 1. The molecule has 0 spiro atoms. The molecule has 2 heterocycles. The standard InChI is InChI=1S/C21H28N4O2/c1-3-24-14-6-7-18(24)16-25(15-17-10-12-22-13-11-17)21(26)23-19-8-4-5-9-20(19)27-2/h4-5,8-13,18H,3,6-7,14-16H2,1-2H3,(H,23,26)/t18-/m1/s1. The lowest BCUT2D eigenvalue weighted by molar-refractivity contribution is 0.175. The van der Waals surface area contributed by atoms with Crippen LogP contribution < -0.4 is 10.1 Å². The Hall–Kier alpha value is -2.60. The number of aromatic nitrogens is 1. The Labute approximate surface area is 161 Å². The van der Waals surface area contributed by atoms with E-state index >= 15 is 0 Å². The van der Waals surface area contributed by atoms with E-state index in [9.17, 15) is 4.79 Å². The molecule has 1 atom stereocenters. The highest BCUT2D eigenvalue weighted by atomic mass is 16.5. The van der Waals surface area contributed by atoms with E-state index in [2.05, 4.69) is 22.1 Å². The number of nitrogens with zero attached hydrogens (tertiary/aromatic N) is 3. The van der Waals surface area contributed by atoms with Crippen LogP contribution in [0, 0.1) is 0 Å². The van der Waals surface area contributed by atoms with Crippen molar-refractivity contribution in [1.82, 2.24) is 14.8 Å². The lowest BCUT2D eigenvalue weighted by Gasteiger charge is -2.30. The Morgan fingerprint density at radius 3 is 2.81 bits per heavy atom. The summed E-state index contributed by atoms with van der Waals surface area (Å²) in [5, 5.41) is 3.02. The van der Waals surface area contributed by atoms with E-state index in [0.29, 0.717) is 30.6 Å². The molecule has 0 bridgehead atoms. The van der Waals surface area contributed by atoms with Gasteiger partial charge in [0.15, 0.2) is 0 Å². The zero-order chi connectivity index (χ0) is 19.1. The van der Waals surface area contributed by atoms with Crippen molar-refractivity contribution in [2.24, 2.45) is 0 Å². The number of para-hydroxylation sites is 2. The number of ether oxygens (including phenoxy) is 1. The van der Waals surface area contributed by atoms with Crippen molar-refractivity contribution < 1.29 is 9.53 Å². The number of hydrogen-bond donors (Lipinski definition) is 1. The number of carbonyl (C=O) groups is 1. The van der Waals surface area contributed by atoms with Gasteiger partial charge in [-0.2, -0.15) is 0 Å². The third-order valence-corrected chi connectivity index (χ3v) is 5.09. The fourth-order valence-electron chi connectivity index (χ4n) is 3.64. The minimum Gasteiger partial charge on any atom is -0.495 e. The predicted molar refractivity (Wildman–Crippen MR) is 107 cm³/mol. The fraction of sp³-hybridized carbons (Fsp3) is 0.429. The van der Waals surface area contributed by atoms with Gasteiger partial charge in [0.25, 0.3) is 0 Å². The number of hydrogen-bond acceptors (Lipinski definition) is 4. The molecule has 0 aliphatic carbocycles. The van der Waals surface area contributed by atoms with Crippen LogP contribution in [0.2, 0.25) is 0 Å². The van der Waals surface area contributed by atoms with Gasteiger partial charge in [-0.25, -0.2) is 4.79 Å². The van der Waals surface area contributed by atoms with Crippen molar-refractivity contribution in [3.05, 3.63) is 54.4 Å². The number of likely N-dealkylation sites (N-methyl/N-ethyl adjacent to an activating group) is 1. The molecule has 6 nitrogen and oxygen atoms in total. The van der Waals surface area contributed by atoms with E-state index in [4.69, 9.17) is 4.74 Å². The Kier molecular flexibility index (Phi) is 6.65. The molecule has 1 aromatic carbocycles. The summed E-state index contributed by atoms with van der Waals surface area (Å²) >= 11 is 0. The predicted octanol–water partition coefficient (Wildman–Crippen LogP) is 3.61. The molecule has 0 radical (unpaired) electrons. The number of likely N-dealkylation sites (tertiary alicyclic amines) is 1. The van der Waals surface area contributed by atoms with E-state index in [-0.39, 0.29) is 6.03 Å². The molecule has 144 valence electrons. The smallest absolute Gasteiger partial charge is 0.322 e. The topological polar surface area (TPSA) is 57.7 Å². The molecule has 27 heavy (non-hydrogen) atoms. The maximum absolute atomic E-state index is 13.1. The number of nitrogens with one attached hydrogen (secondary N) is 1. The largest absolute Gasteiger partial charge is 0.495 e. The molecule has 0 saturated carbocycles. The second kappa shape index (κ2) is 9.37. The van der Waals surface area contributed by atoms with Crippen LogP contribution in [0.4, 0.5) is 10.5 Å². The molecule has 1 fully saturated rings. The summed E-state index contributed by atoms with van der Waals surface area (Å²) in [6.45, 7) is 5.56. The number of methoxy groups -OCH3 is 1. The third-order valence-electron chi connectivity index (χ3n) is 5.09. The first-order valence-electron chi connectivity index (χ1n) is 9.53. The van der Waals surface area contributed by atoms with Crippen molar-refractivity contribution in [2.45, 2.75) is 32.4 Å². The van der Waals surface area contributed by atoms with Gasteiger partial charge < -0.3 is 15.0 Å². The number of urea groups is 1. The normalized spacial score (nSPS) is 16.9. The molecule has 6 heteroatoms. The molecule has 1 N–H and O–H groups in total. The van der Waals surface area contributed by atoms with Gasteiger partial charge in [0.1, 0.15) is 5.75 Å². The van der Waals surface area contributed by atoms with Gasteiger partial charge in [0, 0.05) is 31.5 Å². The van der Waals surface area contributed by atoms with Crippen molar-refractivity contribution in [3.8, 4) is 5.75 Å². The highest BCUT2D eigenvalue weighted by Crippen LogP contribution is 2.24. The average Bonchev–Trinajstić information content (AvgIpc) is 3.16. The number of carbonyl (C=O) groups excluding carboxylic acids is 1. The molecule has 3 rings (SSSR count). The first kappa shape index (κ1) is 19.2. The first-order valence-corrected chi connectivity index (χ1v) is 9.53. The summed E-state index contributed by atoms with van der Waals surface area (Å²) in [4.78, 5) is 21.5. The lowest BCUT2D eigenvalue weighted by atomic mass is 10.2. The molecule has 0 unspecified atom stereocenters. The van der Waals surface area contributed by atoms with E-state index in [1.54, 1.807) is 19.5 Å². The summed E-state index contributed by atoms with van der Waals surface area (Å²) in [7, 11) is 1.61. The SMILES string of the molecule is CCN1CCC[C@@H]1CN(Cc1ccncc1)C(=O)Nc1ccccc1OC. The minimum atomic E-state index is -0.112. The molecular formula is C21H28N4O2. The Morgan fingerprint density at radius 2 is 2.07 bits per heavy atom. The van der Waals surface area contributed by atoms with Gasteiger partial charge >= 0.3 is 6.03 Å². The van der Waals surface area contributed by atoms with Gasteiger partial charge in [-0.1, -0.05) is 19.1 Å². The average molecular weight is 368 g/mol. The van der Waals surface area contributed by atoms with Crippen molar-refractivity contribution in [2.75, 3.05) is 32.1 Å². The monoisotopic (exact) mass is 368 g/mol. The van der Waals surface area contributed by atoms with E-state index in [0.717, 1.165) is 25.1 Å². The number of benzene rings is 1. The van der Waals surface area contributed by atoms with Crippen molar-refractivity contribution in [3.63, 3.8) is 0 Å². The van der Waals surface area contributed by atoms with Gasteiger partial charge in [0.05, 0.1) is 12.8 Å². The van der Waals surface area contributed by atoms with Crippen LogP contribution in [0.3, 0.4) is 0 Å². The first-order chi connectivity index (χ1) is 13.2. The summed E-state index contributed by atoms with van der Waals surface area (Å²) in [6, 6.07) is 11.7. The van der Waals surface area contributed by atoms with Gasteiger partial charge in [0.2, 0.25) is 0 Å². The Balaban J connectivity index is 1.76. The third kappa shape index (κ3) is 4.98. The van der Waals surface area contributed by atoms with E-state index in [1.807, 2.05) is 41.3 Å². The van der Waals surface area contributed by atoms with Crippen LogP contribution in [0.25, 0.3) is 0 Å². The van der Waals surface area contributed by atoms with Gasteiger partial charge in [-0.15, -0.1) is 0 Å². The second-order valence-corrected chi connectivity index (χ2v) is 6.79. The van der Waals surface area contributed by atoms with Crippen LogP contribution >= 0.6 is 0 Å². The van der Waals surface area contributed by atoms with Gasteiger partial charge in [-0.3, -0.25) is 9.88 Å². The van der Waals surface area contributed by atoms with Crippen LogP contribution in [0.1, 0.15) is 25.3 Å². The summed E-state index contributed by atoms with van der Waals surface area (Å²) < 4.78 is 5.36. The van der Waals surface area contributed by atoms with Crippen LogP contribution in [0.15, 0.2) is 48.8 Å². The van der Waals surface area contributed by atoms with Crippen LogP contribution in [-0.4, -0.2) is 53.6 Å². The zero-order valence-electron chi connectivity index (χ0n) is 16.1. The summed E-state index contributed by atoms with van der Waals surface area (Å²) in [5.74, 6) is 0.658. The lowest BCUT2D eigenvalue weighted by Crippen LogP contribution is -2.44. The van der Waals surface area contributed by atoms with Crippen molar-refractivity contribution >= 4 is 11.7 Å². The van der Waals surface area contributed by atoms with Crippen LogP contribution in [-0.2, 0) is 6.54 Å². The quantitative estimate of drug-likeness (QED) is 0.811. The second-order valence-electron chi connectivity index (χ2n) is 6.79. The van der Waals surface area contributed by atoms with E-state index < -0.39 is 0 Å². The molecular weight excluding hydrogens is 340 g/mol. The molecule has 1 aliphatic rings. The van der Waals surface area contributed by atoms with E-state index in [1.165, 1.54) is 6.42 Å². The molecule has 1 saturated heterocycles. The number of amides is 2. The summed E-state index contributed by atoms with van der Waals surface area (Å²) in [6.07, 6.45) is 5.84. The van der Waals surface area contributed by atoms with Gasteiger partial charge in [-0.05, 0) is 55.8 Å². The maximum Gasteiger partial charge on any atom is 0.322 e. The molecule has 2 aromatic rings. The Morgan fingerprint density at radius 1 is 1.30 bits per heavy atom. The maximum atomic E-state index is 13.1. The molecule has 2 amide bonds. The highest BCUT2D eigenvalue weighted by Gasteiger charge is 2.27. The van der Waals surface area contributed by atoms with Crippen LogP contribution in [0.5, 0.6) is 5.75 Å². The Bertz CT molecular complexity index is 738. The van der Waals surface area contributed by atoms with Crippen molar-refractivity contribution in [1.29, 1.82) is 0 Å². The molecule has 1 aromatic heterocycles. The number of anilines is 1. The minimum absolute atomic E-state index is 0.112. The zero-order valence-corrected chi connectivity index (χ0v) is 16.1. The molecule has 1 aliphatic heterocycles. The summed E-state index contributed by atoms with van der Waals surface area (Å²) in [5.41, 5.74) is 1.75.